The van der Waals surface area contributed by atoms with Gasteiger partial charge in [0.2, 0.25) is 0 Å². The predicted octanol–water partition coefficient (Wildman–Crippen LogP) is 4.92. The summed E-state index contributed by atoms with van der Waals surface area (Å²) in [7, 11) is 1.50. The van der Waals surface area contributed by atoms with Gasteiger partial charge >= 0.3 is 0 Å². The van der Waals surface area contributed by atoms with E-state index in [0.717, 1.165) is 4.47 Å². The van der Waals surface area contributed by atoms with Crippen molar-refractivity contribution < 1.29 is 23.6 Å². The number of carbonyl (C=O) groups is 1. The molecule has 2 aromatic carbocycles. The highest BCUT2D eigenvalue weighted by Gasteiger charge is 2.13. The number of furan rings is 1. The number of nitro groups is 1. The molecule has 0 atom stereocenters. The zero-order valence-corrected chi connectivity index (χ0v) is 19.2. The molecule has 9 nitrogen and oxygen atoms in total. The van der Waals surface area contributed by atoms with Gasteiger partial charge in [-0.25, -0.2) is 5.43 Å². The molecule has 1 aromatic heterocycles. The SMILES string of the molecule is COc1cc(Br)cc(Br)c1OCC(=O)N/N=C/c1ccc(-c2ccc([N+](=O)[O-])cc2)o1. The van der Waals surface area contributed by atoms with Gasteiger partial charge in [0.15, 0.2) is 18.1 Å². The number of halogens is 2. The van der Waals surface area contributed by atoms with E-state index in [1.165, 1.54) is 25.5 Å². The van der Waals surface area contributed by atoms with Crippen LogP contribution in [0.3, 0.4) is 0 Å². The molecule has 0 bridgehead atoms. The Morgan fingerprint density at radius 3 is 2.65 bits per heavy atom. The summed E-state index contributed by atoms with van der Waals surface area (Å²) in [5.74, 6) is 1.29. The molecule has 1 heterocycles. The van der Waals surface area contributed by atoms with Crippen LogP contribution >= 0.6 is 31.9 Å². The van der Waals surface area contributed by atoms with Crippen LogP contribution in [0.25, 0.3) is 11.3 Å². The second-order valence-corrected chi connectivity index (χ2v) is 7.78. The second kappa shape index (κ2) is 10.2. The van der Waals surface area contributed by atoms with Crippen molar-refractivity contribution in [3.05, 3.63) is 73.4 Å². The summed E-state index contributed by atoms with van der Waals surface area (Å²) in [6, 6.07) is 12.8. The normalized spacial score (nSPS) is 10.8. The van der Waals surface area contributed by atoms with E-state index in [9.17, 15) is 14.9 Å². The molecule has 0 radical (unpaired) electrons. The summed E-state index contributed by atoms with van der Waals surface area (Å²) in [5, 5.41) is 14.6. The van der Waals surface area contributed by atoms with E-state index < -0.39 is 10.8 Å². The van der Waals surface area contributed by atoms with Crippen molar-refractivity contribution in [2.45, 2.75) is 0 Å². The quantitative estimate of drug-likeness (QED) is 0.241. The first-order chi connectivity index (χ1) is 14.9. The van der Waals surface area contributed by atoms with Gasteiger partial charge in [-0.3, -0.25) is 14.9 Å². The van der Waals surface area contributed by atoms with Gasteiger partial charge in [0.1, 0.15) is 11.5 Å². The first kappa shape index (κ1) is 22.5. The topological polar surface area (TPSA) is 116 Å². The monoisotopic (exact) mass is 551 g/mol. The van der Waals surface area contributed by atoms with Crippen LogP contribution in [0, 0.1) is 10.1 Å². The molecule has 0 aliphatic rings. The molecule has 3 rings (SSSR count). The van der Waals surface area contributed by atoms with Crippen molar-refractivity contribution in [3.8, 4) is 22.8 Å². The van der Waals surface area contributed by atoms with E-state index in [-0.39, 0.29) is 12.3 Å². The highest BCUT2D eigenvalue weighted by atomic mass is 79.9. The molecule has 0 unspecified atom stereocenters. The lowest BCUT2D eigenvalue weighted by molar-refractivity contribution is -0.384. The molecule has 0 aliphatic carbocycles. The van der Waals surface area contributed by atoms with E-state index >= 15 is 0 Å². The molecule has 160 valence electrons. The summed E-state index contributed by atoms with van der Waals surface area (Å²) >= 11 is 6.71. The lowest BCUT2D eigenvalue weighted by Crippen LogP contribution is -2.24. The smallest absolute Gasteiger partial charge is 0.277 e. The number of rotatable bonds is 8. The van der Waals surface area contributed by atoms with Crippen LogP contribution in [0.4, 0.5) is 5.69 Å². The van der Waals surface area contributed by atoms with Gasteiger partial charge < -0.3 is 13.9 Å². The van der Waals surface area contributed by atoms with Crippen molar-refractivity contribution in [2.75, 3.05) is 13.7 Å². The predicted molar refractivity (Wildman–Crippen MR) is 120 cm³/mol. The maximum atomic E-state index is 12.0. The average Bonchev–Trinajstić information content (AvgIpc) is 3.21. The standard InChI is InChI=1S/C20H15Br2N3O6/c1-29-18-9-13(21)8-16(22)20(18)30-11-19(26)24-23-10-15-6-7-17(31-15)12-2-4-14(5-3-12)25(27)28/h2-10H,11H2,1H3,(H,24,26)/b23-10+. The lowest BCUT2D eigenvalue weighted by atomic mass is 10.1. The van der Waals surface area contributed by atoms with Gasteiger partial charge in [0, 0.05) is 22.2 Å². The van der Waals surface area contributed by atoms with E-state index in [2.05, 4.69) is 42.4 Å². The van der Waals surface area contributed by atoms with Gasteiger partial charge in [0.25, 0.3) is 11.6 Å². The Balaban J connectivity index is 1.55. The van der Waals surface area contributed by atoms with Crippen LogP contribution < -0.4 is 14.9 Å². The fourth-order valence-corrected chi connectivity index (χ4v) is 3.79. The van der Waals surface area contributed by atoms with Crippen LogP contribution in [-0.2, 0) is 4.79 Å². The number of nitro benzene ring substituents is 1. The van der Waals surface area contributed by atoms with Crippen molar-refractivity contribution in [2.24, 2.45) is 5.10 Å². The average molecular weight is 553 g/mol. The molecule has 1 N–H and O–H groups in total. The first-order valence-electron chi connectivity index (χ1n) is 8.70. The number of hydrogen-bond acceptors (Lipinski definition) is 7. The minimum atomic E-state index is -0.477. The van der Waals surface area contributed by atoms with Gasteiger partial charge in [-0.2, -0.15) is 5.10 Å². The summed E-state index contributed by atoms with van der Waals surface area (Å²) in [6.45, 7) is -0.278. The number of carbonyl (C=O) groups excluding carboxylic acids is 1. The molecule has 0 spiro atoms. The Labute approximate surface area is 193 Å². The maximum Gasteiger partial charge on any atom is 0.277 e. The fraction of sp³-hybridized carbons (Fsp3) is 0.100. The molecular weight excluding hydrogens is 538 g/mol. The van der Waals surface area contributed by atoms with E-state index in [4.69, 9.17) is 13.9 Å². The van der Waals surface area contributed by atoms with Crippen LogP contribution in [-0.4, -0.2) is 30.8 Å². The number of hydrogen-bond donors (Lipinski definition) is 1. The van der Waals surface area contributed by atoms with Crippen LogP contribution in [0.5, 0.6) is 11.5 Å². The summed E-state index contributed by atoms with van der Waals surface area (Å²) in [6.07, 6.45) is 1.34. The second-order valence-electron chi connectivity index (χ2n) is 6.01. The number of ether oxygens (including phenoxy) is 2. The Bertz CT molecular complexity index is 1130. The van der Waals surface area contributed by atoms with Crippen molar-refractivity contribution in [3.63, 3.8) is 0 Å². The van der Waals surface area contributed by atoms with Gasteiger partial charge in [-0.1, -0.05) is 15.9 Å². The zero-order valence-electron chi connectivity index (χ0n) is 16.0. The number of hydrazone groups is 1. The largest absolute Gasteiger partial charge is 0.493 e. The first-order valence-corrected chi connectivity index (χ1v) is 10.3. The van der Waals surface area contributed by atoms with Crippen LogP contribution in [0.15, 0.2) is 67.0 Å². The minimum absolute atomic E-state index is 0.00481. The van der Waals surface area contributed by atoms with Gasteiger partial charge in [-0.15, -0.1) is 0 Å². The third-order valence-electron chi connectivity index (χ3n) is 3.91. The Kier molecular flexibility index (Phi) is 7.42. The number of nitrogens with zero attached hydrogens (tertiary/aromatic N) is 2. The maximum absolute atomic E-state index is 12.0. The van der Waals surface area contributed by atoms with Crippen molar-refractivity contribution in [1.82, 2.24) is 5.43 Å². The molecule has 0 aliphatic heterocycles. The fourth-order valence-electron chi connectivity index (χ4n) is 2.49. The molecule has 11 heteroatoms. The number of amides is 1. The Morgan fingerprint density at radius 2 is 1.97 bits per heavy atom. The minimum Gasteiger partial charge on any atom is -0.493 e. The summed E-state index contributed by atoms with van der Waals surface area (Å²) in [5.41, 5.74) is 3.02. The number of nitrogens with one attached hydrogen (secondary N) is 1. The van der Waals surface area contributed by atoms with E-state index in [1.807, 2.05) is 0 Å². The number of methoxy groups -OCH3 is 1. The van der Waals surface area contributed by atoms with E-state index in [1.54, 1.807) is 36.4 Å². The highest BCUT2D eigenvalue weighted by molar-refractivity contribution is 9.11. The zero-order chi connectivity index (χ0) is 22.4. The van der Waals surface area contributed by atoms with Crippen molar-refractivity contribution in [1.29, 1.82) is 0 Å². The molecule has 0 saturated heterocycles. The van der Waals surface area contributed by atoms with E-state index in [0.29, 0.717) is 33.1 Å². The van der Waals surface area contributed by atoms with Gasteiger partial charge in [0.05, 0.1) is 22.7 Å². The third kappa shape index (κ3) is 5.92. The molecule has 3 aromatic rings. The Morgan fingerprint density at radius 1 is 1.23 bits per heavy atom. The number of benzene rings is 2. The Hall–Kier alpha value is -3.18. The van der Waals surface area contributed by atoms with Crippen LogP contribution in [0.2, 0.25) is 0 Å². The molecular formula is C20H15Br2N3O6. The highest BCUT2D eigenvalue weighted by Crippen LogP contribution is 2.38. The van der Waals surface area contributed by atoms with Crippen molar-refractivity contribution >= 4 is 49.7 Å². The molecule has 31 heavy (non-hydrogen) atoms. The van der Waals surface area contributed by atoms with Gasteiger partial charge in [-0.05, 0) is 52.3 Å². The summed E-state index contributed by atoms with van der Waals surface area (Å²) in [4.78, 5) is 22.3. The lowest BCUT2D eigenvalue weighted by Gasteiger charge is -2.12. The number of non-ortho nitro benzene ring substituents is 1. The molecule has 1 amide bonds. The third-order valence-corrected chi connectivity index (χ3v) is 4.96. The molecule has 0 fully saturated rings. The molecule has 0 saturated carbocycles. The summed E-state index contributed by atoms with van der Waals surface area (Å²) < 4.78 is 17.8. The van der Waals surface area contributed by atoms with Crippen LogP contribution in [0.1, 0.15) is 5.76 Å².